The summed E-state index contributed by atoms with van der Waals surface area (Å²) in [4.78, 5) is 36.1. The van der Waals surface area contributed by atoms with Gasteiger partial charge in [0.2, 0.25) is 0 Å². The quantitative estimate of drug-likeness (QED) is 0.384. The highest BCUT2D eigenvalue weighted by atomic mass is 35.5. The van der Waals surface area contributed by atoms with E-state index in [2.05, 4.69) is 5.32 Å². The summed E-state index contributed by atoms with van der Waals surface area (Å²) in [6, 6.07) is 10.8. The Morgan fingerprint density at radius 1 is 1.19 bits per heavy atom. The Kier molecular flexibility index (Phi) is 4.73. The van der Waals surface area contributed by atoms with E-state index in [1.165, 1.54) is 24.3 Å². The number of nitrogens with zero attached hydrogens (tertiary/aromatic N) is 2. The van der Waals surface area contributed by atoms with Crippen LogP contribution in [0.1, 0.15) is 16.7 Å². The molecule has 0 saturated carbocycles. The monoisotopic (exact) mass is 371 g/mol. The van der Waals surface area contributed by atoms with Crippen molar-refractivity contribution in [1.29, 1.82) is 0 Å². The first kappa shape index (κ1) is 17.6. The van der Waals surface area contributed by atoms with Gasteiger partial charge >= 0.3 is 6.03 Å². The molecule has 0 atom stereocenters. The van der Waals surface area contributed by atoms with Gasteiger partial charge in [-0.25, -0.2) is 4.79 Å². The van der Waals surface area contributed by atoms with E-state index in [4.69, 9.17) is 11.6 Å². The van der Waals surface area contributed by atoms with Crippen LogP contribution < -0.4 is 5.32 Å². The maximum Gasteiger partial charge on any atom is 0.329 e. The van der Waals surface area contributed by atoms with Crippen LogP contribution in [0.3, 0.4) is 0 Å². The molecule has 1 fully saturated rings. The van der Waals surface area contributed by atoms with Gasteiger partial charge in [-0.05, 0) is 24.6 Å². The van der Waals surface area contributed by atoms with Crippen LogP contribution in [0.15, 0.2) is 48.2 Å². The lowest BCUT2D eigenvalue weighted by molar-refractivity contribution is -0.384. The SMILES string of the molecule is Cc1ccc(CN2C(=O)N/C(=C/c3cc([N+](=O)[O-])ccc3Cl)C2=O)cc1. The summed E-state index contributed by atoms with van der Waals surface area (Å²) in [5.41, 5.74) is 2.03. The van der Waals surface area contributed by atoms with E-state index in [-0.39, 0.29) is 28.5 Å². The summed E-state index contributed by atoms with van der Waals surface area (Å²) in [6.07, 6.45) is 1.34. The fourth-order valence-electron chi connectivity index (χ4n) is 2.50. The van der Waals surface area contributed by atoms with Gasteiger partial charge in [0.1, 0.15) is 5.70 Å². The van der Waals surface area contributed by atoms with Crippen molar-refractivity contribution in [2.24, 2.45) is 0 Å². The zero-order valence-corrected chi connectivity index (χ0v) is 14.5. The highest BCUT2D eigenvalue weighted by molar-refractivity contribution is 6.32. The van der Waals surface area contributed by atoms with E-state index in [0.717, 1.165) is 16.0 Å². The van der Waals surface area contributed by atoms with Gasteiger partial charge in [-0.15, -0.1) is 0 Å². The minimum Gasteiger partial charge on any atom is -0.303 e. The number of nitro benzene ring substituents is 1. The highest BCUT2D eigenvalue weighted by Crippen LogP contribution is 2.25. The molecule has 7 nitrogen and oxygen atoms in total. The topological polar surface area (TPSA) is 92.6 Å². The number of aryl methyl sites for hydroxylation is 1. The van der Waals surface area contributed by atoms with E-state index in [9.17, 15) is 19.7 Å². The molecule has 2 aromatic rings. The second kappa shape index (κ2) is 6.97. The van der Waals surface area contributed by atoms with Gasteiger partial charge in [0.05, 0.1) is 11.5 Å². The molecule has 1 aliphatic rings. The Balaban J connectivity index is 1.86. The molecular weight excluding hydrogens is 358 g/mol. The summed E-state index contributed by atoms with van der Waals surface area (Å²) in [5, 5.41) is 13.6. The number of urea groups is 1. The first-order valence-corrected chi connectivity index (χ1v) is 8.07. The van der Waals surface area contributed by atoms with Gasteiger partial charge in [0, 0.05) is 22.7 Å². The first-order chi connectivity index (χ1) is 12.3. The Labute approximate surface area is 154 Å². The minimum absolute atomic E-state index is 0.0181. The van der Waals surface area contributed by atoms with Crippen LogP contribution in [0, 0.1) is 17.0 Å². The fourth-order valence-corrected chi connectivity index (χ4v) is 2.67. The van der Waals surface area contributed by atoms with E-state index >= 15 is 0 Å². The van der Waals surface area contributed by atoms with Crippen molar-refractivity contribution < 1.29 is 14.5 Å². The predicted octanol–water partition coefficient (Wildman–Crippen LogP) is 3.65. The van der Waals surface area contributed by atoms with Gasteiger partial charge in [-0.2, -0.15) is 0 Å². The normalized spacial score (nSPS) is 15.5. The van der Waals surface area contributed by atoms with E-state index in [1.54, 1.807) is 0 Å². The van der Waals surface area contributed by atoms with Gasteiger partial charge in [0.25, 0.3) is 11.6 Å². The molecule has 0 bridgehead atoms. The molecule has 132 valence electrons. The number of nitro groups is 1. The molecule has 26 heavy (non-hydrogen) atoms. The smallest absolute Gasteiger partial charge is 0.303 e. The highest BCUT2D eigenvalue weighted by Gasteiger charge is 2.33. The number of hydrogen-bond acceptors (Lipinski definition) is 4. The maximum absolute atomic E-state index is 12.5. The number of non-ortho nitro benzene ring substituents is 1. The Morgan fingerprint density at radius 3 is 2.54 bits per heavy atom. The Hall–Kier alpha value is -3.19. The standard InChI is InChI=1S/C18H14ClN3O4/c1-11-2-4-12(5-3-11)10-21-17(23)16(20-18(21)24)9-13-8-14(22(25)26)6-7-15(13)19/h2-9H,10H2,1H3,(H,20,24)/b16-9+. The predicted molar refractivity (Wildman–Crippen MR) is 96.3 cm³/mol. The number of nitrogens with one attached hydrogen (secondary N) is 1. The van der Waals surface area contributed by atoms with Crippen molar-refractivity contribution in [2.75, 3.05) is 0 Å². The molecule has 0 spiro atoms. The van der Waals surface area contributed by atoms with Gasteiger partial charge < -0.3 is 5.32 Å². The summed E-state index contributed by atoms with van der Waals surface area (Å²) in [6.45, 7) is 2.08. The summed E-state index contributed by atoms with van der Waals surface area (Å²) < 4.78 is 0. The third kappa shape index (κ3) is 3.57. The number of benzene rings is 2. The molecule has 1 saturated heterocycles. The lowest BCUT2D eigenvalue weighted by Crippen LogP contribution is -2.30. The zero-order chi connectivity index (χ0) is 18.8. The van der Waals surface area contributed by atoms with Crippen LogP contribution in [0.2, 0.25) is 5.02 Å². The van der Waals surface area contributed by atoms with Crippen molar-refractivity contribution in [3.63, 3.8) is 0 Å². The molecular formula is C18H14ClN3O4. The molecule has 3 amide bonds. The van der Waals surface area contributed by atoms with E-state index < -0.39 is 16.9 Å². The molecule has 0 aliphatic carbocycles. The molecule has 0 aromatic heterocycles. The van der Waals surface area contributed by atoms with Crippen molar-refractivity contribution in [2.45, 2.75) is 13.5 Å². The molecule has 1 N–H and O–H groups in total. The number of amides is 3. The maximum atomic E-state index is 12.5. The van der Waals surface area contributed by atoms with Crippen LogP contribution in [0.4, 0.5) is 10.5 Å². The van der Waals surface area contributed by atoms with Crippen LogP contribution in [-0.4, -0.2) is 21.8 Å². The van der Waals surface area contributed by atoms with Gasteiger partial charge in [-0.1, -0.05) is 41.4 Å². The van der Waals surface area contributed by atoms with Crippen LogP contribution in [0.25, 0.3) is 6.08 Å². The minimum atomic E-state index is -0.558. The average molecular weight is 372 g/mol. The number of imide groups is 1. The van der Waals surface area contributed by atoms with Crippen molar-refractivity contribution in [3.05, 3.63) is 80.0 Å². The summed E-state index contributed by atoms with van der Waals surface area (Å²) in [7, 11) is 0. The summed E-state index contributed by atoms with van der Waals surface area (Å²) >= 11 is 6.04. The lowest BCUT2D eigenvalue weighted by atomic mass is 10.1. The first-order valence-electron chi connectivity index (χ1n) is 7.69. The lowest BCUT2D eigenvalue weighted by Gasteiger charge is -2.11. The third-order valence-electron chi connectivity index (χ3n) is 3.91. The van der Waals surface area contributed by atoms with Crippen LogP contribution in [0.5, 0.6) is 0 Å². The average Bonchev–Trinajstić information content (AvgIpc) is 2.86. The van der Waals surface area contributed by atoms with Crippen molar-refractivity contribution in [1.82, 2.24) is 10.2 Å². The van der Waals surface area contributed by atoms with Crippen molar-refractivity contribution >= 4 is 35.3 Å². The Bertz CT molecular complexity index is 938. The largest absolute Gasteiger partial charge is 0.329 e. The van der Waals surface area contributed by atoms with Gasteiger partial charge in [0.15, 0.2) is 0 Å². The molecule has 1 heterocycles. The summed E-state index contributed by atoms with van der Waals surface area (Å²) in [5.74, 6) is -0.516. The second-order valence-electron chi connectivity index (χ2n) is 5.83. The molecule has 1 aliphatic heterocycles. The van der Waals surface area contributed by atoms with Crippen LogP contribution in [-0.2, 0) is 11.3 Å². The number of carbonyl (C=O) groups is 2. The van der Waals surface area contributed by atoms with Crippen molar-refractivity contribution in [3.8, 4) is 0 Å². The molecule has 2 aromatic carbocycles. The molecule has 0 radical (unpaired) electrons. The number of hydrogen-bond donors (Lipinski definition) is 1. The molecule has 0 unspecified atom stereocenters. The zero-order valence-electron chi connectivity index (χ0n) is 13.7. The number of carbonyl (C=O) groups excluding carboxylic acids is 2. The van der Waals surface area contributed by atoms with E-state index in [1.807, 2.05) is 31.2 Å². The molecule has 3 rings (SSSR count). The van der Waals surface area contributed by atoms with E-state index in [0.29, 0.717) is 0 Å². The second-order valence-corrected chi connectivity index (χ2v) is 6.24. The van der Waals surface area contributed by atoms with Gasteiger partial charge in [-0.3, -0.25) is 19.8 Å². The fraction of sp³-hybridized carbons (Fsp3) is 0.111. The third-order valence-corrected chi connectivity index (χ3v) is 4.26. The number of rotatable bonds is 4. The number of halogens is 1. The molecule has 8 heteroatoms. The Morgan fingerprint density at radius 2 is 1.88 bits per heavy atom. The van der Waals surface area contributed by atoms with Crippen LogP contribution >= 0.6 is 11.6 Å².